The molecule has 1 aromatic heterocycles. The smallest absolute Gasteiger partial charge is 0.332 e. The Morgan fingerprint density at radius 1 is 1.07 bits per heavy atom. The van der Waals surface area contributed by atoms with Gasteiger partial charge in [0.05, 0.1) is 33.4 Å². The van der Waals surface area contributed by atoms with Crippen LogP contribution in [0.4, 0.5) is 9.93 Å². The second kappa shape index (κ2) is 12.8. The molecule has 0 spiro atoms. The van der Waals surface area contributed by atoms with Gasteiger partial charge in [-0.15, -0.1) is 0 Å². The van der Waals surface area contributed by atoms with Crippen LogP contribution in [0.1, 0.15) is 30.5 Å². The van der Waals surface area contributed by atoms with Crippen LogP contribution >= 0.6 is 34.5 Å². The number of hydrogen-bond acceptors (Lipinski definition) is 7. The quantitative estimate of drug-likeness (QED) is 0.269. The number of para-hydroxylation sites is 1. The van der Waals surface area contributed by atoms with Gasteiger partial charge in [0.2, 0.25) is 11.8 Å². The van der Waals surface area contributed by atoms with E-state index >= 15 is 0 Å². The summed E-state index contributed by atoms with van der Waals surface area (Å²) in [6.07, 6.45) is -0.201. The highest BCUT2D eigenvalue weighted by Crippen LogP contribution is 2.33. The van der Waals surface area contributed by atoms with E-state index in [9.17, 15) is 14.4 Å². The van der Waals surface area contributed by atoms with Crippen molar-refractivity contribution in [2.24, 2.45) is 0 Å². The number of rotatable bonds is 8. The number of thiazole rings is 1. The molecule has 3 heterocycles. The van der Waals surface area contributed by atoms with Crippen LogP contribution in [0.3, 0.4) is 0 Å². The zero-order valence-electron chi connectivity index (χ0n) is 24.8. The maximum absolute atomic E-state index is 14.2. The van der Waals surface area contributed by atoms with Crippen LogP contribution in [0.5, 0.6) is 0 Å². The molecule has 45 heavy (non-hydrogen) atoms. The van der Waals surface area contributed by atoms with Crippen LogP contribution < -0.4 is 11.1 Å². The molecular weight excluding hydrogens is 633 g/mol. The van der Waals surface area contributed by atoms with Gasteiger partial charge in [0.15, 0.2) is 5.13 Å². The highest BCUT2D eigenvalue weighted by Gasteiger charge is 2.52. The molecular formula is C32H33Cl2N7O3S. The predicted octanol–water partition coefficient (Wildman–Crippen LogP) is 5.14. The molecule has 0 saturated carbocycles. The average molecular weight is 667 g/mol. The molecule has 2 fully saturated rings. The lowest BCUT2D eigenvalue weighted by Gasteiger charge is -2.47. The molecule has 13 heteroatoms. The van der Waals surface area contributed by atoms with Crippen LogP contribution in [-0.4, -0.2) is 74.0 Å². The van der Waals surface area contributed by atoms with Gasteiger partial charge in [-0.05, 0) is 48.7 Å². The number of hydrazine groups is 1. The molecule has 2 saturated heterocycles. The van der Waals surface area contributed by atoms with Gasteiger partial charge in [0, 0.05) is 25.6 Å². The van der Waals surface area contributed by atoms with Crippen molar-refractivity contribution in [2.45, 2.75) is 51.6 Å². The van der Waals surface area contributed by atoms with Crippen molar-refractivity contribution in [3.63, 3.8) is 0 Å². The van der Waals surface area contributed by atoms with Crippen LogP contribution in [0.2, 0.25) is 10.0 Å². The average Bonchev–Trinajstić information content (AvgIpc) is 3.55. The van der Waals surface area contributed by atoms with Gasteiger partial charge in [-0.1, -0.05) is 83.1 Å². The molecule has 3 N–H and O–H groups in total. The van der Waals surface area contributed by atoms with Gasteiger partial charge in [-0.25, -0.2) is 9.78 Å². The third kappa shape index (κ3) is 6.30. The standard InChI is InChI=1S/C32H33Cl2N7O3S/c1-19(2)41(32(44)36-15-21-11-12-23(33)24(34)13-21)39-18-28(42)40-25(14-20-7-4-3-5-8-20)30(43)38(17-27(39)40)16-22-9-6-10-26-29(22)37-31(35)45-26/h3-13,19,25,27H,14-18H2,1-2H3,(H2,35,37)(H,36,44)/t25-,27+/m0/s1. The number of anilines is 1. The highest BCUT2D eigenvalue weighted by molar-refractivity contribution is 7.22. The van der Waals surface area contributed by atoms with E-state index in [0.717, 1.165) is 26.9 Å². The summed E-state index contributed by atoms with van der Waals surface area (Å²) in [7, 11) is 0. The first-order valence-electron chi connectivity index (χ1n) is 14.7. The maximum atomic E-state index is 14.2. The fourth-order valence-electron chi connectivity index (χ4n) is 6.11. The van der Waals surface area contributed by atoms with E-state index in [4.69, 9.17) is 28.9 Å². The minimum atomic E-state index is -0.739. The topological polar surface area (TPSA) is 115 Å². The first-order chi connectivity index (χ1) is 21.6. The molecule has 4 aromatic rings. The minimum Gasteiger partial charge on any atom is -0.375 e. The number of hydrogen-bond donors (Lipinski definition) is 2. The van der Waals surface area contributed by atoms with E-state index in [0.29, 0.717) is 28.1 Å². The van der Waals surface area contributed by atoms with E-state index in [1.54, 1.807) is 38.0 Å². The number of nitrogens with two attached hydrogens (primary N) is 1. The number of amides is 4. The van der Waals surface area contributed by atoms with Crippen LogP contribution in [-0.2, 0) is 29.1 Å². The van der Waals surface area contributed by atoms with Crippen molar-refractivity contribution in [1.29, 1.82) is 0 Å². The minimum absolute atomic E-state index is 0.0341. The Labute approximate surface area is 275 Å². The number of aromatic nitrogens is 1. The molecule has 2 aliphatic rings. The van der Waals surface area contributed by atoms with Crippen molar-refractivity contribution >= 4 is 67.7 Å². The van der Waals surface area contributed by atoms with E-state index in [-0.39, 0.29) is 43.5 Å². The Morgan fingerprint density at radius 2 is 1.84 bits per heavy atom. The predicted molar refractivity (Wildman–Crippen MR) is 176 cm³/mol. The Balaban J connectivity index is 1.31. The Morgan fingerprint density at radius 3 is 2.58 bits per heavy atom. The summed E-state index contributed by atoms with van der Waals surface area (Å²) in [5.41, 5.74) is 9.38. The number of nitrogen functional groups attached to an aromatic ring is 1. The molecule has 2 atom stereocenters. The highest BCUT2D eigenvalue weighted by atomic mass is 35.5. The summed E-state index contributed by atoms with van der Waals surface area (Å²) >= 11 is 13.6. The number of halogens is 2. The largest absolute Gasteiger partial charge is 0.375 e. The molecule has 0 radical (unpaired) electrons. The summed E-state index contributed by atoms with van der Waals surface area (Å²) in [6, 6.07) is 19.3. The lowest BCUT2D eigenvalue weighted by molar-refractivity contribution is -0.158. The van der Waals surface area contributed by atoms with Crippen LogP contribution in [0.25, 0.3) is 10.2 Å². The van der Waals surface area contributed by atoms with Gasteiger partial charge >= 0.3 is 6.03 Å². The van der Waals surface area contributed by atoms with Gasteiger partial charge in [-0.3, -0.25) is 14.6 Å². The normalized spacial score (nSPS) is 18.6. The Hall–Kier alpha value is -3.90. The number of carbonyl (C=O) groups excluding carboxylic acids is 3. The van der Waals surface area contributed by atoms with Crippen molar-refractivity contribution in [2.75, 3.05) is 18.8 Å². The molecule has 234 valence electrons. The molecule has 6 rings (SSSR count). The van der Waals surface area contributed by atoms with Crippen molar-refractivity contribution in [1.82, 2.24) is 30.1 Å². The lowest BCUT2D eigenvalue weighted by atomic mass is 10.00. The summed E-state index contributed by atoms with van der Waals surface area (Å²) in [5.74, 6) is -0.350. The van der Waals surface area contributed by atoms with E-state index in [1.807, 2.05) is 62.4 Å². The monoisotopic (exact) mass is 665 g/mol. The molecule has 2 aliphatic heterocycles. The summed E-state index contributed by atoms with van der Waals surface area (Å²) in [6.45, 7) is 4.49. The van der Waals surface area contributed by atoms with Gasteiger partial charge in [-0.2, -0.15) is 5.01 Å². The van der Waals surface area contributed by atoms with Gasteiger partial charge in [0.1, 0.15) is 12.2 Å². The van der Waals surface area contributed by atoms with Crippen molar-refractivity contribution in [3.8, 4) is 0 Å². The first kappa shape index (κ1) is 31.1. The number of nitrogens with zero attached hydrogens (tertiary/aromatic N) is 5. The molecule has 3 aromatic carbocycles. The molecule has 0 unspecified atom stereocenters. The number of carbonyl (C=O) groups is 3. The number of benzene rings is 3. The van der Waals surface area contributed by atoms with Crippen LogP contribution in [0, 0.1) is 0 Å². The molecule has 0 bridgehead atoms. The maximum Gasteiger partial charge on any atom is 0.332 e. The first-order valence-corrected chi connectivity index (χ1v) is 16.2. The third-order valence-electron chi connectivity index (χ3n) is 8.12. The van der Waals surface area contributed by atoms with Crippen molar-refractivity contribution in [3.05, 3.63) is 93.5 Å². The van der Waals surface area contributed by atoms with Crippen LogP contribution in [0.15, 0.2) is 66.7 Å². The Bertz CT molecular complexity index is 1750. The Kier molecular flexibility index (Phi) is 8.87. The molecule has 4 amide bonds. The number of urea groups is 1. The second-order valence-electron chi connectivity index (χ2n) is 11.5. The summed E-state index contributed by atoms with van der Waals surface area (Å²) in [5, 5.41) is 7.62. The fraction of sp³-hybridized carbons (Fsp3) is 0.312. The third-order valence-corrected chi connectivity index (χ3v) is 9.71. The molecule has 0 aliphatic carbocycles. The summed E-state index contributed by atoms with van der Waals surface area (Å²) in [4.78, 5) is 49.6. The van der Waals surface area contributed by atoms with E-state index < -0.39 is 12.2 Å². The fourth-order valence-corrected chi connectivity index (χ4v) is 7.22. The zero-order chi connectivity index (χ0) is 31.8. The SMILES string of the molecule is CC(C)N(C(=O)NCc1ccc(Cl)c(Cl)c1)N1CC(=O)N2[C@@H](Cc3ccccc3)C(=O)N(Cc3cccc4sc(N)nc34)C[C@@H]21. The molecule has 10 nitrogen and oxygen atoms in total. The lowest BCUT2D eigenvalue weighted by Crippen LogP contribution is -2.66. The summed E-state index contributed by atoms with van der Waals surface area (Å²) < 4.78 is 0.944. The van der Waals surface area contributed by atoms with Gasteiger partial charge in [0.25, 0.3) is 0 Å². The zero-order valence-corrected chi connectivity index (χ0v) is 27.1. The van der Waals surface area contributed by atoms with E-state index in [2.05, 4.69) is 10.3 Å². The second-order valence-corrected chi connectivity index (χ2v) is 13.3. The van der Waals surface area contributed by atoms with Crippen molar-refractivity contribution < 1.29 is 14.4 Å². The van der Waals surface area contributed by atoms with E-state index in [1.165, 1.54) is 11.3 Å². The van der Waals surface area contributed by atoms with Gasteiger partial charge < -0.3 is 20.9 Å². The number of nitrogens with one attached hydrogen (secondary N) is 1. The number of fused-ring (bicyclic) bond motifs is 2. The number of piperazine rings is 1.